The predicted octanol–water partition coefficient (Wildman–Crippen LogP) is 1.22. The van der Waals surface area contributed by atoms with Gasteiger partial charge in [0.05, 0.1) is 0 Å². The average Bonchev–Trinajstić information content (AvgIpc) is 1.80. The van der Waals surface area contributed by atoms with E-state index in [0.717, 1.165) is 12.8 Å². The number of unbranched alkanes of at least 4 members (excludes halogenated alkanes) is 1. The standard InChI is InChI=1S/C7H13NO/c1-2-3-4-5-6-7(8)9/h4-5H,2-3,6H2,1H3,(H2,8,9). The van der Waals surface area contributed by atoms with Crippen LogP contribution in [0.4, 0.5) is 0 Å². The van der Waals surface area contributed by atoms with Crippen LogP contribution >= 0.6 is 0 Å². The zero-order valence-electron chi connectivity index (χ0n) is 5.76. The van der Waals surface area contributed by atoms with Crippen molar-refractivity contribution in [2.24, 2.45) is 5.73 Å². The normalized spacial score (nSPS) is 10.3. The van der Waals surface area contributed by atoms with Crippen LogP contribution in [0.1, 0.15) is 26.2 Å². The van der Waals surface area contributed by atoms with Gasteiger partial charge in [-0.1, -0.05) is 25.5 Å². The van der Waals surface area contributed by atoms with E-state index < -0.39 is 0 Å². The Balaban J connectivity index is 3.14. The van der Waals surface area contributed by atoms with Gasteiger partial charge in [0.1, 0.15) is 0 Å². The number of amides is 1. The molecular formula is C7H13NO. The minimum Gasteiger partial charge on any atom is -0.369 e. The second-order valence-corrected chi connectivity index (χ2v) is 1.93. The maximum Gasteiger partial charge on any atom is 0.221 e. The molecule has 9 heavy (non-hydrogen) atoms. The minimum atomic E-state index is -0.262. The molecule has 0 spiro atoms. The summed E-state index contributed by atoms with van der Waals surface area (Å²) in [6.45, 7) is 2.09. The average molecular weight is 127 g/mol. The van der Waals surface area contributed by atoms with Crippen molar-refractivity contribution in [1.29, 1.82) is 0 Å². The third-order valence-electron chi connectivity index (χ3n) is 0.941. The number of primary amides is 1. The largest absolute Gasteiger partial charge is 0.369 e. The van der Waals surface area contributed by atoms with Crippen molar-refractivity contribution < 1.29 is 4.79 Å². The monoisotopic (exact) mass is 127 g/mol. The number of nitrogens with two attached hydrogens (primary N) is 1. The molecule has 0 aliphatic carbocycles. The number of hydrogen-bond acceptors (Lipinski definition) is 1. The quantitative estimate of drug-likeness (QED) is 0.567. The van der Waals surface area contributed by atoms with Crippen LogP contribution in [-0.4, -0.2) is 5.91 Å². The summed E-state index contributed by atoms with van der Waals surface area (Å²) >= 11 is 0. The summed E-state index contributed by atoms with van der Waals surface area (Å²) in [6.07, 6.45) is 6.32. The molecule has 0 atom stereocenters. The molecule has 0 radical (unpaired) electrons. The fourth-order valence-corrected chi connectivity index (χ4v) is 0.484. The van der Waals surface area contributed by atoms with Crippen molar-refractivity contribution in [2.45, 2.75) is 26.2 Å². The Hall–Kier alpha value is -0.790. The van der Waals surface area contributed by atoms with E-state index in [1.807, 2.05) is 12.2 Å². The Kier molecular flexibility index (Phi) is 4.88. The highest BCUT2D eigenvalue weighted by Crippen LogP contribution is 1.89. The summed E-state index contributed by atoms with van der Waals surface area (Å²) in [7, 11) is 0. The van der Waals surface area contributed by atoms with E-state index in [1.54, 1.807) is 0 Å². The summed E-state index contributed by atoms with van der Waals surface area (Å²) in [5.74, 6) is -0.262. The van der Waals surface area contributed by atoms with Crippen LogP contribution in [0.25, 0.3) is 0 Å². The van der Waals surface area contributed by atoms with E-state index >= 15 is 0 Å². The van der Waals surface area contributed by atoms with Gasteiger partial charge in [0, 0.05) is 6.42 Å². The Morgan fingerprint density at radius 1 is 1.56 bits per heavy atom. The number of rotatable bonds is 4. The molecule has 0 rings (SSSR count). The second-order valence-electron chi connectivity index (χ2n) is 1.93. The van der Waals surface area contributed by atoms with Crippen LogP contribution in [0.3, 0.4) is 0 Å². The summed E-state index contributed by atoms with van der Waals surface area (Å²) in [5.41, 5.74) is 4.88. The first-order valence-corrected chi connectivity index (χ1v) is 3.20. The summed E-state index contributed by atoms with van der Waals surface area (Å²) in [6, 6.07) is 0. The van der Waals surface area contributed by atoms with Gasteiger partial charge in [0.2, 0.25) is 5.91 Å². The summed E-state index contributed by atoms with van der Waals surface area (Å²) in [4.78, 5) is 10.1. The molecule has 2 N–H and O–H groups in total. The molecule has 0 saturated carbocycles. The number of carbonyl (C=O) groups is 1. The van der Waals surface area contributed by atoms with E-state index in [0.29, 0.717) is 6.42 Å². The molecule has 0 fully saturated rings. The SMILES string of the molecule is CCCC=CCC(N)=O. The lowest BCUT2D eigenvalue weighted by Crippen LogP contribution is -2.07. The number of allylic oxidation sites excluding steroid dienone is 1. The lowest BCUT2D eigenvalue weighted by Gasteiger charge is -1.84. The van der Waals surface area contributed by atoms with Crippen LogP contribution in [-0.2, 0) is 4.79 Å². The highest BCUT2D eigenvalue weighted by atomic mass is 16.1. The molecule has 0 saturated heterocycles. The van der Waals surface area contributed by atoms with Crippen LogP contribution in [0, 0.1) is 0 Å². The lowest BCUT2D eigenvalue weighted by atomic mass is 10.3. The molecule has 0 aliphatic heterocycles. The van der Waals surface area contributed by atoms with Crippen LogP contribution < -0.4 is 5.73 Å². The molecule has 0 aliphatic rings. The van der Waals surface area contributed by atoms with Crippen molar-refractivity contribution in [3.8, 4) is 0 Å². The van der Waals surface area contributed by atoms with Crippen molar-refractivity contribution in [3.63, 3.8) is 0 Å². The van der Waals surface area contributed by atoms with Crippen molar-refractivity contribution in [2.75, 3.05) is 0 Å². The Labute approximate surface area is 55.7 Å². The summed E-state index contributed by atoms with van der Waals surface area (Å²) < 4.78 is 0. The van der Waals surface area contributed by atoms with Gasteiger partial charge in [0.15, 0.2) is 0 Å². The lowest BCUT2D eigenvalue weighted by molar-refractivity contribution is -0.117. The van der Waals surface area contributed by atoms with Gasteiger partial charge in [-0.2, -0.15) is 0 Å². The van der Waals surface area contributed by atoms with Crippen molar-refractivity contribution in [1.82, 2.24) is 0 Å². The highest BCUT2D eigenvalue weighted by molar-refractivity contribution is 5.75. The second kappa shape index (κ2) is 5.35. The fourth-order valence-electron chi connectivity index (χ4n) is 0.484. The summed E-state index contributed by atoms with van der Waals surface area (Å²) in [5, 5.41) is 0. The van der Waals surface area contributed by atoms with E-state index in [1.165, 1.54) is 0 Å². The van der Waals surface area contributed by atoms with Crippen LogP contribution in [0.2, 0.25) is 0 Å². The van der Waals surface area contributed by atoms with Crippen molar-refractivity contribution >= 4 is 5.91 Å². The van der Waals surface area contributed by atoms with Crippen LogP contribution in [0.15, 0.2) is 12.2 Å². The molecule has 1 amide bonds. The first-order valence-electron chi connectivity index (χ1n) is 3.20. The molecule has 0 aromatic rings. The smallest absolute Gasteiger partial charge is 0.221 e. The first kappa shape index (κ1) is 8.21. The van der Waals surface area contributed by atoms with E-state index in [9.17, 15) is 4.79 Å². The zero-order chi connectivity index (χ0) is 7.11. The molecular weight excluding hydrogens is 114 g/mol. The van der Waals surface area contributed by atoms with Gasteiger partial charge >= 0.3 is 0 Å². The Bertz CT molecular complexity index is 107. The van der Waals surface area contributed by atoms with Crippen LogP contribution in [0.5, 0.6) is 0 Å². The van der Waals surface area contributed by atoms with Gasteiger partial charge in [-0.25, -0.2) is 0 Å². The topological polar surface area (TPSA) is 43.1 Å². The van der Waals surface area contributed by atoms with Crippen molar-refractivity contribution in [3.05, 3.63) is 12.2 Å². The molecule has 2 heteroatoms. The van der Waals surface area contributed by atoms with Gasteiger partial charge < -0.3 is 5.73 Å². The number of hydrogen-bond donors (Lipinski definition) is 1. The maximum absolute atomic E-state index is 10.1. The molecule has 52 valence electrons. The highest BCUT2D eigenvalue weighted by Gasteiger charge is 1.84. The van der Waals surface area contributed by atoms with Gasteiger partial charge in [-0.3, -0.25) is 4.79 Å². The third-order valence-corrected chi connectivity index (χ3v) is 0.941. The molecule has 0 bridgehead atoms. The van der Waals surface area contributed by atoms with Gasteiger partial charge in [-0.15, -0.1) is 0 Å². The minimum absolute atomic E-state index is 0.262. The van der Waals surface area contributed by atoms with E-state index in [4.69, 9.17) is 5.73 Å². The predicted molar refractivity (Wildman–Crippen MR) is 37.9 cm³/mol. The van der Waals surface area contributed by atoms with Gasteiger partial charge in [0.25, 0.3) is 0 Å². The molecule has 0 aromatic carbocycles. The maximum atomic E-state index is 10.1. The van der Waals surface area contributed by atoms with E-state index in [-0.39, 0.29) is 5.91 Å². The number of carbonyl (C=O) groups excluding carboxylic acids is 1. The molecule has 0 heterocycles. The molecule has 0 aromatic heterocycles. The first-order chi connectivity index (χ1) is 4.27. The molecule has 2 nitrogen and oxygen atoms in total. The Morgan fingerprint density at radius 2 is 2.22 bits per heavy atom. The Morgan fingerprint density at radius 3 is 2.67 bits per heavy atom. The third kappa shape index (κ3) is 7.21. The zero-order valence-corrected chi connectivity index (χ0v) is 5.76. The van der Waals surface area contributed by atoms with Gasteiger partial charge in [-0.05, 0) is 6.42 Å². The molecule has 0 unspecified atom stereocenters. The van der Waals surface area contributed by atoms with E-state index in [2.05, 4.69) is 6.92 Å². The fraction of sp³-hybridized carbons (Fsp3) is 0.571.